The highest BCUT2D eigenvalue weighted by Gasteiger charge is 2.56. The largest absolute Gasteiger partial charge is 0.491 e. The lowest BCUT2D eigenvalue weighted by atomic mass is 9.72. The number of nitro benzene ring substituents is 2. The summed E-state index contributed by atoms with van der Waals surface area (Å²) in [4.78, 5) is 102. The molecule has 0 spiro atoms. The number of benzene rings is 2. The first kappa shape index (κ1) is 65.3. The Morgan fingerprint density at radius 3 is 1.83 bits per heavy atom. The average Bonchev–Trinajstić information content (AvgIpc) is 3.55. The van der Waals surface area contributed by atoms with Gasteiger partial charge in [-0.15, -0.1) is 0 Å². The lowest BCUT2D eigenvalue weighted by Gasteiger charge is -2.52. The second kappa shape index (κ2) is 28.0. The minimum absolute atomic E-state index is 0.0976. The molecule has 12 N–H and O–H groups in total. The van der Waals surface area contributed by atoms with E-state index in [9.17, 15) is 74.5 Å². The summed E-state index contributed by atoms with van der Waals surface area (Å²) in [5.74, 6) is -3.64. The van der Waals surface area contributed by atoms with Crippen molar-refractivity contribution >= 4 is 47.6 Å². The molecule has 3 aliphatic rings. The molecule has 454 valence electrons. The first-order chi connectivity index (χ1) is 38.2. The van der Waals surface area contributed by atoms with E-state index in [2.05, 4.69) is 26.6 Å². The molecule has 1 saturated carbocycles. The molecule has 5 rings (SSSR count). The van der Waals surface area contributed by atoms with Crippen LogP contribution in [0.15, 0.2) is 60.4 Å². The number of carbonyl (C=O) groups is 6. The molecule has 2 aromatic rings. The Kier molecular flexibility index (Phi) is 22.3. The van der Waals surface area contributed by atoms with Crippen molar-refractivity contribution in [2.75, 3.05) is 33.3 Å². The van der Waals surface area contributed by atoms with Crippen molar-refractivity contribution in [2.24, 2.45) is 11.7 Å². The standard InChI is InChI=1S/C51H73N9O22/c1-49(2,3)81-45(67)54-22-35(62)43(66)55-33-19-32(57-47(69)77-24-27-11-15-29(16-12-27)60(74)75)36(37(63)40(33)80-44-38(64)41(51(7,71)25-78-44)58(8)48(70)82-50(4,5)6)39-31(18-17-30(79-39)20-53-21-34(61)42(52)65)56-46(68)76-23-26-9-13-28(14-10-26)59(72)73/h9-17,31-41,44,53,61-64,71H,18-25H2,1-8H3,(H2,52,65)(H,54,67)(H,55,66)(H,56,68)(H,57,69)/t31-,32+,33-,34?,35+,36?,37+,38-,39+,40+,41-,44-,51+/m1/s1. The number of non-ortho nitro benzene ring substituents is 2. The molecule has 6 amide bonds. The van der Waals surface area contributed by atoms with Gasteiger partial charge in [-0.25, -0.2) is 19.2 Å². The van der Waals surface area contributed by atoms with Gasteiger partial charge in [0.1, 0.15) is 66.3 Å². The number of alkyl carbamates (subject to hydrolysis) is 3. The zero-order valence-corrected chi connectivity index (χ0v) is 46.4. The van der Waals surface area contributed by atoms with Crippen molar-refractivity contribution in [2.45, 2.75) is 158 Å². The fourth-order valence-corrected chi connectivity index (χ4v) is 9.18. The summed E-state index contributed by atoms with van der Waals surface area (Å²) < 4.78 is 40.6. The van der Waals surface area contributed by atoms with Crippen LogP contribution in [0.25, 0.3) is 0 Å². The van der Waals surface area contributed by atoms with E-state index in [0.717, 1.165) is 4.90 Å². The molecule has 82 heavy (non-hydrogen) atoms. The summed E-state index contributed by atoms with van der Waals surface area (Å²) in [6, 6.07) is 4.45. The number of aliphatic hydroxyl groups excluding tert-OH is 4. The molecule has 0 bridgehead atoms. The van der Waals surface area contributed by atoms with Gasteiger partial charge in [0.2, 0.25) is 5.91 Å². The van der Waals surface area contributed by atoms with E-state index in [0.29, 0.717) is 11.1 Å². The highest BCUT2D eigenvalue weighted by atomic mass is 16.7. The van der Waals surface area contributed by atoms with E-state index in [4.69, 9.17) is 38.9 Å². The number of ether oxygens (including phenoxy) is 7. The summed E-state index contributed by atoms with van der Waals surface area (Å²) in [5.41, 5.74) is 1.47. The maximum absolute atomic E-state index is 14.0. The van der Waals surface area contributed by atoms with Crippen molar-refractivity contribution in [1.82, 2.24) is 31.5 Å². The number of hydrogen-bond donors (Lipinski definition) is 11. The number of nitrogens with two attached hydrogens (primary N) is 1. The second-order valence-corrected chi connectivity index (χ2v) is 22.0. The molecule has 31 heteroatoms. The SMILES string of the molecule is CN(C(=O)OC(C)(C)C)[C@@H]1[C@@H](O)[C@@H](O[C@H]2[C@H](NC(=O)[C@@H](O)CNC(=O)OC(C)(C)C)C[C@H](NC(=O)OCc3ccc([N+](=O)[O-])cc3)C([C@H]3OC(CNCC(O)C(N)=O)=CC[C@H]3NC(=O)OCc3ccc([N+](=O)[O-])cc3)[C@@H]2O)OC[C@]1(C)O. The molecule has 0 aromatic heterocycles. The minimum atomic E-state index is -2.04. The molecule has 2 fully saturated rings. The van der Waals surface area contributed by atoms with Crippen LogP contribution in [-0.2, 0) is 56.0 Å². The summed E-state index contributed by atoms with van der Waals surface area (Å²) in [7, 11) is 1.25. The van der Waals surface area contributed by atoms with Crippen LogP contribution in [0.1, 0.15) is 72.4 Å². The van der Waals surface area contributed by atoms with Gasteiger partial charge in [0.25, 0.3) is 17.3 Å². The molecular formula is C51H73N9O22. The van der Waals surface area contributed by atoms with Gasteiger partial charge in [-0.1, -0.05) is 0 Å². The van der Waals surface area contributed by atoms with E-state index in [1.807, 2.05) is 0 Å². The quantitative estimate of drug-likeness (QED) is 0.0456. The maximum atomic E-state index is 14.0. The molecular weight excluding hydrogens is 1090 g/mol. The average molecular weight is 1160 g/mol. The predicted octanol–water partition coefficient (Wildman–Crippen LogP) is 0.342. The van der Waals surface area contributed by atoms with E-state index in [1.165, 1.54) is 68.6 Å². The Morgan fingerprint density at radius 1 is 0.780 bits per heavy atom. The van der Waals surface area contributed by atoms with Crippen LogP contribution in [0.2, 0.25) is 0 Å². The molecule has 1 aliphatic carbocycles. The Hall–Kier alpha value is -7.52. The van der Waals surface area contributed by atoms with Crippen molar-refractivity contribution in [1.29, 1.82) is 0 Å². The van der Waals surface area contributed by atoms with E-state index in [-0.39, 0.29) is 43.3 Å². The molecule has 0 radical (unpaired) electrons. The Labute approximate surface area is 470 Å². The van der Waals surface area contributed by atoms with E-state index in [1.54, 1.807) is 41.5 Å². The van der Waals surface area contributed by atoms with Gasteiger partial charge < -0.3 is 95.9 Å². The first-order valence-corrected chi connectivity index (χ1v) is 25.9. The number of amides is 6. The third-order valence-electron chi connectivity index (χ3n) is 13.0. The number of aliphatic hydroxyl groups is 5. The van der Waals surface area contributed by atoms with Crippen LogP contribution >= 0.6 is 0 Å². The zero-order chi connectivity index (χ0) is 61.0. The van der Waals surface area contributed by atoms with Gasteiger partial charge in [0.15, 0.2) is 6.29 Å². The summed E-state index contributed by atoms with van der Waals surface area (Å²) >= 11 is 0. The summed E-state index contributed by atoms with van der Waals surface area (Å²) in [6.07, 6.45) is -16.1. The van der Waals surface area contributed by atoms with E-state index < -0.39 is 162 Å². The number of nitrogens with one attached hydrogen (secondary N) is 5. The fraction of sp³-hybridized carbons (Fsp3) is 0.608. The normalized spacial score (nSPS) is 26.2. The van der Waals surface area contributed by atoms with Gasteiger partial charge in [0.05, 0.1) is 53.8 Å². The molecule has 13 atom stereocenters. The third-order valence-corrected chi connectivity index (χ3v) is 13.0. The van der Waals surface area contributed by atoms with Crippen molar-refractivity contribution in [3.05, 3.63) is 91.7 Å². The van der Waals surface area contributed by atoms with Gasteiger partial charge in [0, 0.05) is 49.8 Å². The second-order valence-electron chi connectivity index (χ2n) is 22.0. The fourth-order valence-electron chi connectivity index (χ4n) is 9.18. The van der Waals surface area contributed by atoms with Crippen LogP contribution in [-0.4, -0.2) is 194 Å². The first-order valence-electron chi connectivity index (χ1n) is 25.9. The van der Waals surface area contributed by atoms with Crippen LogP contribution in [0.4, 0.5) is 30.6 Å². The summed E-state index contributed by atoms with van der Waals surface area (Å²) in [6.45, 7) is 8.07. The van der Waals surface area contributed by atoms with Crippen molar-refractivity contribution in [3.8, 4) is 0 Å². The monoisotopic (exact) mass is 1160 g/mol. The van der Waals surface area contributed by atoms with Crippen LogP contribution in [0, 0.1) is 26.1 Å². The van der Waals surface area contributed by atoms with Crippen LogP contribution < -0.4 is 32.3 Å². The number of carbonyl (C=O) groups excluding carboxylic acids is 6. The minimum Gasteiger partial charge on any atom is -0.491 e. The topological polar surface area (TPSA) is 444 Å². The smallest absolute Gasteiger partial charge is 0.410 e. The van der Waals surface area contributed by atoms with Crippen molar-refractivity contribution < 1.29 is 97.3 Å². The predicted molar refractivity (Wildman–Crippen MR) is 281 cm³/mol. The lowest BCUT2D eigenvalue weighted by Crippen LogP contribution is -2.71. The number of rotatable bonds is 21. The zero-order valence-electron chi connectivity index (χ0n) is 46.4. The molecule has 2 aliphatic heterocycles. The lowest BCUT2D eigenvalue weighted by molar-refractivity contribution is -0.385. The molecule has 2 heterocycles. The number of hydrogen-bond acceptors (Lipinski definition) is 23. The summed E-state index contributed by atoms with van der Waals surface area (Å²) in [5, 5.41) is 93.4. The Balaban J connectivity index is 1.58. The van der Waals surface area contributed by atoms with Crippen LogP contribution in [0.5, 0.6) is 0 Å². The van der Waals surface area contributed by atoms with Gasteiger partial charge in [-0.2, -0.15) is 0 Å². The molecule has 31 nitrogen and oxygen atoms in total. The highest BCUT2D eigenvalue weighted by Crippen LogP contribution is 2.39. The molecule has 1 saturated heterocycles. The van der Waals surface area contributed by atoms with Crippen molar-refractivity contribution in [3.63, 3.8) is 0 Å². The number of likely N-dealkylation sites (N-methyl/N-ethyl adjacent to an activating group) is 1. The Morgan fingerprint density at radius 2 is 1.32 bits per heavy atom. The number of nitrogens with zero attached hydrogens (tertiary/aromatic N) is 3. The maximum Gasteiger partial charge on any atom is 0.410 e. The highest BCUT2D eigenvalue weighted by molar-refractivity contribution is 5.82. The van der Waals surface area contributed by atoms with Gasteiger partial charge in [-0.3, -0.25) is 29.8 Å². The third kappa shape index (κ3) is 18.8. The Bertz CT molecular complexity index is 2610. The van der Waals surface area contributed by atoms with Gasteiger partial charge in [-0.05, 0) is 103 Å². The number of primary amides is 1. The van der Waals surface area contributed by atoms with Gasteiger partial charge >= 0.3 is 24.4 Å². The molecule has 2 aromatic carbocycles. The van der Waals surface area contributed by atoms with Crippen LogP contribution in [0.3, 0.4) is 0 Å². The van der Waals surface area contributed by atoms with E-state index >= 15 is 0 Å². The number of nitro groups is 2. The molecule has 2 unspecified atom stereocenters.